The van der Waals surface area contributed by atoms with Crippen molar-refractivity contribution in [1.82, 2.24) is 5.32 Å². The molecule has 2 aromatic rings. The van der Waals surface area contributed by atoms with E-state index < -0.39 is 0 Å². The zero-order valence-corrected chi connectivity index (χ0v) is 13.7. The van der Waals surface area contributed by atoms with Gasteiger partial charge in [0.05, 0.1) is 4.88 Å². The maximum atomic E-state index is 12.1. The van der Waals surface area contributed by atoms with Crippen molar-refractivity contribution in [2.75, 3.05) is 6.54 Å². The highest BCUT2D eigenvalue weighted by atomic mass is 79.9. The van der Waals surface area contributed by atoms with E-state index in [-0.39, 0.29) is 5.91 Å². The third-order valence-corrected chi connectivity index (χ3v) is 6.56. The smallest absolute Gasteiger partial charge is 0.261 e. The first-order chi connectivity index (χ1) is 9.22. The Labute approximate surface area is 129 Å². The van der Waals surface area contributed by atoms with Crippen molar-refractivity contribution >= 4 is 53.9 Å². The third kappa shape index (κ3) is 3.20. The molecule has 2 aromatic heterocycles. The minimum Gasteiger partial charge on any atom is -0.351 e. The fourth-order valence-corrected chi connectivity index (χ4v) is 5.49. The second kappa shape index (κ2) is 5.94. The molecule has 0 radical (unpaired) electrons. The second-order valence-corrected chi connectivity index (χ2v) is 8.43. The standard InChI is InChI=1S/C14H16BrNOS2/c15-10-3-1-2-9(6-10)8-16-14(17)13-7-12-11(19-13)4-5-18-12/h4-5,7,9-10H,1-3,6,8H2,(H,16,17). The van der Waals surface area contributed by atoms with Crippen molar-refractivity contribution < 1.29 is 4.79 Å². The van der Waals surface area contributed by atoms with Gasteiger partial charge in [-0.25, -0.2) is 0 Å². The van der Waals surface area contributed by atoms with Crippen LogP contribution < -0.4 is 5.32 Å². The molecular weight excluding hydrogens is 342 g/mol. The van der Waals surface area contributed by atoms with Gasteiger partial charge in [0.25, 0.3) is 5.91 Å². The summed E-state index contributed by atoms with van der Waals surface area (Å²) in [5, 5.41) is 5.17. The normalized spacial score (nSPS) is 23.6. The largest absolute Gasteiger partial charge is 0.351 e. The Bertz CT molecular complexity index is 548. The van der Waals surface area contributed by atoms with Gasteiger partial charge < -0.3 is 5.32 Å². The number of amides is 1. The molecular formula is C14H16BrNOS2. The average Bonchev–Trinajstić information content (AvgIpc) is 2.96. The monoisotopic (exact) mass is 357 g/mol. The summed E-state index contributed by atoms with van der Waals surface area (Å²) in [4.78, 5) is 13.6. The maximum absolute atomic E-state index is 12.1. The highest BCUT2D eigenvalue weighted by Gasteiger charge is 2.21. The SMILES string of the molecule is O=C(NCC1CCCC(Br)C1)c1cc2sccc2s1. The molecule has 1 amide bonds. The van der Waals surface area contributed by atoms with Crippen LogP contribution >= 0.6 is 38.6 Å². The molecule has 1 aliphatic carbocycles. The van der Waals surface area contributed by atoms with Crippen LogP contribution in [0.2, 0.25) is 0 Å². The summed E-state index contributed by atoms with van der Waals surface area (Å²) < 4.78 is 2.43. The summed E-state index contributed by atoms with van der Waals surface area (Å²) in [6.45, 7) is 0.812. The molecule has 0 saturated heterocycles. The van der Waals surface area contributed by atoms with Crippen molar-refractivity contribution in [1.29, 1.82) is 0 Å². The van der Waals surface area contributed by atoms with E-state index in [0.717, 1.165) is 11.4 Å². The van der Waals surface area contributed by atoms with Crippen molar-refractivity contribution in [2.24, 2.45) is 5.92 Å². The first-order valence-corrected chi connectivity index (χ1v) is 9.23. The van der Waals surface area contributed by atoms with Crippen LogP contribution in [0.4, 0.5) is 0 Å². The lowest BCUT2D eigenvalue weighted by Gasteiger charge is -2.25. The Kier molecular flexibility index (Phi) is 4.24. The summed E-state index contributed by atoms with van der Waals surface area (Å²) in [6.07, 6.45) is 4.96. The summed E-state index contributed by atoms with van der Waals surface area (Å²) >= 11 is 6.97. The Hall–Kier alpha value is -0.390. The van der Waals surface area contributed by atoms with Crippen molar-refractivity contribution in [3.63, 3.8) is 0 Å². The maximum Gasteiger partial charge on any atom is 0.261 e. The Balaban J connectivity index is 1.57. The lowest BCUT2D eigenvalue weighted by Crippen LogP contribution is -2.31. The number of nitrogens with one attached hydrogen (secondary N) is 1. The fourth-order valence-electron chi connectivity index (χ4n) is 2.61. The number of carbonyl (C=O) groups excluding carboxylic acids is 1. The summed E-state index contributed by atoms with van der Waals surface area (Å²) in [5.41, 5.74) is 0. The number of carbonyl (C=O) groups is 1. The van der Waals surface area contributed by atoms with E-state index in [4.69, 9.17) is 0 Å². The van der Waals surface area contributed by atoms with Gasteiger partial charge in [0, 0.05) is 20.8 Å². The first kappa shape index (κ1) is 13.6. The molecule has 1 N–H and O–H groups in total. The molecule has 2 heterocycles. The highest BCUT2D eigenvalue weighted by Crippen LogP contribution is 2.31. The predicted octanol–water partition coefficient (Wildman–Crippen LogP) is 4.65. The molecule has 0 aromatic carbocycles. The minimum absolute atomic E-state index is 0.0881. The second-order valence-electron chi connectivity index (χ2n) is 5.10. The number of hydrogen-bond acceptors (Lipinski definition) is 3. The number of fused-ring (bicyclic) bond motifs is 1. The molecule has 2 unspecified atom stereocenters. The highest BCUT2D eigenvalue weighted by molar-refractivity contribution is 9.09. The number of hydrogen-bond donors (Lipinski definition) is 1. The van der Waals surface area contributed by atoms with Gasteiger partial charge in [-0.1, -0.05) is 22.4 Å². The number of alkyl halides is 1. The molecule has 102 valence electrons. The summed E-state index contributed by atoms with van der Waals surface area (Å²) in [5.74, 6) is 0.716. The molecule has 0 spiro atoms. The van der Waals surface area contributed by atoms with Crippen LogP contribution in [0.1, 0.15) is 35.4 Å². The van der Waals surface area contributed by atoms with Crippen LogP contribution in [0.3, 0.4) is 0 Å². The summed E-state index contributed by atoms with van der Waals surface area (Å²) in [6, 6.07) is 4.09. The molecule has 1 saturated carbocycles. The topological polar surface area (TPSA) is 29.1 Å². The average molecular weight is 358 g/mol. The zero-order valence-electron chi connectivity index (χ0n) is 10.5. The lowest BCUT2D eigenvalue weighted by atomic mass is 9.89. The number of thiophene rings is 2. The zero-order chi connectivity index (χ0) is 13.2. The van der Waals surface area contributed by atoms with Crippen molar-refractivity contribution in [3.05, 3.63) is 22.4 Å². The quantitative estimate of drug-likeness (QED) is 0.796. The van der Waals surface area contributed by atoms with Crippen LogP contribution in [0.15, 0.2) is 17.5 Å². The van der Waals surface area contributed by atoms with Crippen LogP contribution in [-0.4, -0.2) is 17.3 Å². The molecule has 0 aliphatic heterocycles. The van der Waals surface area contributed by atoms with Crippen molar-refractivity contribution in [3.8, 4) is 0 Å². The van der Waals surface area contributed by atoms with Crippen LogP contribution in [0.25, 0.3) is 9.40 Å². The molecule has 5 heteroatoms. The summed E-state index contributed by atoms with van der Waals surface area (Å²) in [7, 11) is 0. The van der Waals surface area contributed by atoms with E-state index in [2.05, 4.69) is 32.7 Å². The van der Waals surface area contributed by atoms with E-state index in [9.17, 15) is 4.79 Å². The molecule has 19 heavy (non-hydrogen) atoms. The van der Waals surface area contributed by atoms with Gasteiger partial charge >= 0.3 is 0 Å². The van der Waals surface area contributed by atoms with E-state index in [0.29, 0.717) is 10.7 Å². The van der Waals surface area contributed by atoms with E-state index >= 15 is 0 Å². The molecule has 2 atom stereocenters. The minimum atomic E-state index is 0.0881. The van der Waals surface area contributed by atoms with Gasteiger partial charge in [-0.2, -0.15) is 0 Å². The van der Waals surface area contributed by atoms with E-state index in [1.54, 1.807) is 22.7 Å². The molecule has 3 rings (SSSR count). The number of rotatable bonds is 3. The van der Waals surface area contributed by atoms with Gasteiger partial charge in [0.15, 0.2) is 0 Å². The molecule has 1 fully saturated rings. The van der Waals surface area contributed by atoms with Crippen LogP contribution in [0.5, 0.6) is 0 Å². The molecule has 0 bridgehead atoms. The first-order valence-electron chi connectivity index (χ1n) is 6.61. The Morgan fingerprint density at radius 1 is 1.42 bits per heavy atom. The van der Waals surface area contributed by atoms with E-state index in [1.807, 2.05) is 6.07 Å². The van der Waals surface area contributed by atoms with Crippen LogP contribution in [0, 0.1) is 5.92 Å². The van der Waals surface area contributed by atoms with Crippen LogP contribution in [-0.2, 0) is 0 Å². The van der Waals surface area contributed by atoms with Gasteiger partial charge in [-0.15, -0.1) is 22.7 Å². The Morgan fingerprint density at radius 2 is 2.32 bits per heavy atom. The van der Waals surface area contributed by atoms with Gasteiger partial charge in [0.1, 0.15) is 0 Å². The van der Waals surface area contributed by atoms with Crippen molar-refractivity contribution in [2.45, 2.75) is 30.5 Å². The fraction of sp³-hybridized carbons (Fsp3) is 0.500. The van der Waals surface area contributed by atoms with Gasteiger partial charge in [-0.05, 0) is 42.7 Å². The van der Waals surface area contributed by atoms with Gasteiger partial charge in [0.2, 0.25) is 0 Å². The Morgan fingerprint density at radius 3 is 3.11 bits per heavy atom. The third-order valence-electron chi connectivity index (χ3n) is 3.63. The van der Waals surface area contributed by atoms with Gasteiger partial charge in [-0.3, -0.25) is 4.79 Å². The molecule has 2 nitrogen and oxygen atoms in total. The predicted molar refractivity (Wildman–Crippen MR) is 86.7 cm³/mol. The molecule has 1 aliphatic rings. The lowest BCUT2D eigenvalue weighted by molar-refractivity contribution is 0.0948. The number of halogens is 1. The van der Waals surface area contributed by atoms with E-state index in [1.165, 1.54) is 35.1 Å².